The number of ketones is 2. The van der Waals surface area contributed by atoms with Gasteiger partial charge in [0.2, 0.25) is 5.78 Å². The number of carbonyl (C=O) groups excluding carboxylic acids is 3. The minimum Gasteiger partial charge on any atom is -0.508 e. The fourth-order valence-electron chi connectivity index (χ4n) is 5.54. The van der Waals surface area contributed by atoms with Gasteiger partial charge >= 0.3 is 0 Å². The summed E-state index contributed by atoms with van der Waals surface area (Å²) in [4.78, 5) is 37.6. The molecule has 9 nitrogen and oxygen atoms in total. The van der Waals surface area contributed by atoms with Crippen LogP contribution in [0.3, 0.4) is 0 Å². The number of amides is 1. The molecule has 3 aliphatic carbocycles. The number of nitrogens with two attached hydrogens (primary N) is 1. The first kappa shape index (κ1) is 26.2. The van der Waals surface area contributed by atoms with Gasteiger partial charge in [0.05, 0.1) is 5.56 Å². The minimum absolute atomic E-state index is 0.00873. The highest BCUT2D eigenvalue weighted by Crippen LogP contribution is 2.53. The number of fused-ring (bicyclic) bond motifs is 3. The number of aliphatic hydroxyl groups is 3. The number of nitrogens with one attached hydrogen (secondary N) is 1. The number of hydrogen-bond donors (Lipinski definition) is 6. The lowest BCUT2D eigenvalue weighted by Gasteiger charge is -2.46. The highest BCUT2D eigenvalue weighted by Gasteiger charge is 2.60. The van der Waals surface area contributed by atoms with Crippen LogP contribution in [0.1, 0.15) is 56.7 Å². The molecular weight excluding hydrogens is 488 g/mol. The molecule has 1 aromatic carbocycles. The van der Waals surface area contributed by atoms with Crippen molar-refractivity contribution in [3.63, 3.8) is 0 Å². The number of aromatic hydroxyl groups is 1. The second kappa shape index (κ2) is 8.90. The number of hydrogen-bond acceptors (Lipinski definition) is 8. The molecule has 10 heteroatoms. The van der Waals surface area contributed by atoms with Crippen LogP contribution >= 0.6 is 11.6 Å². The molecule has 3 atom stereocenters. The smallest absolute Gasteiger partial charge is 0.255 e. The molecule has 194 valence electrons. The summed E-state index contributed by atoms with van der Waals surface area (Å²) in [5, 5.41) is 47.4. The molecule has 0 bridgehead atoms. The molecule has 0 heterocycles. The molecule has 1 amide bonds. The van der Waals surface area contributed by atoms with E-state index in [-0.39, 0.29) is 41.6 Å². The number of benzene rings is 1. The van der Waals surface area contributed by atoms with Gasteiger partial charge in [-0.1, -0.05) is 32.4 Å². The largest absolute Gasteiger partial charge is 0.508 e. The third-order valence-electron chi connectivity index (χ3n) is 7.44. The molecule has 1 unspecified atom stereocenters. The lowest BCUT2D eigenvalue weighted by molar-refractivity contribution is -0.147. The van der Waals surface area contributed by atoms with E-state index >= 15 is 0 Å². The Kier molecular flexibility index (Phi) is 6.47. The number of Topliss-reactive ketones (excluding diaryl/α,β-unsaturated/α-hetero) is 2. The van der Waals surface area contributed by atoms with Crippen molar-refractivity contribution < 1.29 is 34.8 Å². The Labute approximate surface area is 213 Å². The van der Waals surface area contributed by atoms with Crippen molar-refractivity contribution in [2.24, 2.45) is 23.0 Å². The molecule has 1 aromatic rings. The van der Waals surface area contributed by atoms with Crippen molar-refractivity contribution in [2.75, 3.05) is 6.54 Å². The van der Waals surface area contributed by atoms with E-state index in [4.69, 9.17) is 17.3 Å². The third kappa shape index (κ3) is 4.09. The van der Waals surface area contributed by atoms with Crippen molar-refractivity contribution in [1.29, 1.82) is 0 Å². The SMILES string of the molecule is CC(C)(C)CCNCc1cc(O)c2c(c1Cl)CC1C[C@H]3CC(=O)C(C(N)=O)=C(O)[C@@]3(O)C(=O)C1=C2O. The zero-order chi connectivity index (χ0) is 26.7. The number of phenols is 1. The van der Waals surface area contributed by atoms with Gasteiger partial charge in [-0.25, -0.2) is 0 Å². The molecule has 0 radical (unpaired) electrons. The summed E-state index contributed by atoms with van der Waals surface area (Å²) in [5.74, 6) is -6.58. The molecule has 0 spiro atoms. The molecule has 7 N–H and O–H groups in total. The first-order chi connectivity index (χ1) is 16.7. The molecule has 1 fully saturated rings. The molecule has 0 aromatic heterocycles. The first-order valence-corrected chi connectivity index (χ1v) is 12.3. The molecule has 3 aliphatic rings. The van der Waals surface area contributed by atoms with Crippen LogP contribution in [-0.2, 0) is 27.3 Å². The monoisotopic (exact) mass is 518 g/mol. The average Bonchev–Trinajstić information content (AvgIpc) is 2.75. The Morgan fingerprint density at radius 2 is 1.89 bits per heavy atom. The normalized spacial score (nSPS) is 26.0. The maximum atomic E-state index is 13.5. The van der Waals surface area contributed by atoms with E-state index in [0.717, 1.165) is 13.0 Å². The fourth-order valence-corrected chi connectivity index (χ4v) is 5.83. The molecule has 4 rings (SSSR count). The second-order valence-corrected chi connectivity index (χ2v) is 11.5. The van der Waals surface area contributed by atoms with E-state index in [2.05, 4.69) is 26.1 Å². The Morgan fingerprint density at radius 3 is 2.50 bits per heavy atom. The van der Waals surface area contributed by atoms with Gasteiger partial charge in [-0.3, -0.25) is 14.4 Å². The van der Waals surface area contributed by atoms with Crippen molar-refractivity contribution in [3.05, 3.63) is 44.7 Å². The summed E-state index contributed by atoms with van der Waals surface area (Å²) in [6.07, 6.45) is 0.809. The van der Waals surface area contributed by atoms with Gasteiger partial charge in [0.15, 0.2) is 11.4 Å². The van der Waals surface area contributed by atoms with Gasteiger partial charge in [-0.15, -0.1) is 0 Å². The Morgan fingerprint density at radius 1 is 1.22 bits per heavy atom. The van der Waals surface area contributed by atoms with Crippen molar-refractivity contribution >= 4 is 34.8 Å². The van der Waals surface area contributed by atoms with Crippen LogP contribution in [0, 0.1) is 17.3 Å². The van der Waals surface area contributed by atoms with E-state index in [9.17, 15) is 34.8 Å². The third-order valence-corrected chi connectivity index (χ3v) is 7.91. The van der Waals surface area contributed by atoms with Crippen LogP contribution in [0.5, 0.6) is 5.75 Å². The predicted octanol–water partition coefficient (Wildman–Crippen LogP) is 2.60. The summed E-state index contributed by atoms with van der Waals surface area (Å²) in [5.41, 5.74) is 2.87. The van der Waals surface area contributed by atoms with Crippen molar-refractivity contribution in [2.45, 2.75) is 58.6 Å². The summed E-state index contributed by atoms with van der Waals surface area (Å²) in [6, 6.07) is 1.43. The highest BCUT2D eigenvalue weighted by molar-refractivity contribution is 6.32. The molecule has 36 heavy (non-hydrogen) atoms. The van der Waals surface area contributed by atoms with E-state index < -0.39 is 52.0 Å². The van der Waals surface area contributed by atoms with Crippen LogP contribution in [0.4, 0.5) is 0 Å². The van der Waals surface area contributed by atoms with E-state index in [0.29, 0.717) is 22.7 Å². The topological polar surface area (TPSA) is 170 Å². The van der Waals surface area contributed by atoms with Crippen LogP contribution < -0.4 is 11.1 Å². The van der Waals surface area contributed by atoms with Gasteiger partial charge in [0, 0.05) is 29.5 Å². The lowest BCUT2D eigenvalue weighted by Crippen LogP contribution is -2.58. The van der Waals surface area contributed by atoms with Crippen LogP contribution in [0.15, 0.2) is 23.0 Å². The van der Waals surface area contributed by atoms with E-state index in [1.165, 1.54) is 6.07 Å². The quantitative estimate of drug-likeness (QED) is 0.255. The molecular formula is C26H31ClN2O7. The second-order valence-electron chi connectivity index (χ2n) is 11.1. The first-order valence-electron chi connectivity index (χ1n) is 11.9. The predicted molar refractivity (Wildman–Crippen MR) is 132 cm³/mol. The summed E-state index contributed by atoms with van der Waals surface area (Å²) in [6.45, 7) is 7.53. The number of phenolic OH excluding ortho intramolecular Hbond substituents is 1. The molecule has 0 saturated heterocycles. The number of aliphatic hydroxyl groups excluding tert-OH is 2. The standard InChI is InChI=1S/C26H31ClN2O7/c1-25(2,3)4-5-29-10-12-8-15(30)18-14(20(12)27)7-11-6-13-9-16(31)19(24(28)35)23(34)26(13,36)22(33)17(11)21(18)32/h8,11,13,29-30,32,34,36H,4-7,9-10H2,1-3H3,(H2,28,35)/t11?,13-,26-/m0/s1. The van der Waals surface area contributed by atoms with Gasteiger partial charge in [-0.05, 0) is 54.3 Å². The number of carbonyl (C=O) groups is 3. The van der Waals surface area contributed by atoms with Crippen LogP contribution in [0.2, 0.25) is 5.02 Å². The maximum absolute atomic E-state index is 13.5. The van der Waals surface area contributed by atoms with Crippen LogP contribution in [-0.4, -0.2) is 50.0 Å². The van der Waals surface area contributed by atoms with E-state index in [1.54, 1.807) is 0 Å². The maximum Gasteiger partial charge on any atom is 0.255 e. The van der Waals surface area contributed by atoms with Gasteiger partial charge < -0.3 is 31.5 Å². The van der Waals surface area contributed by atoms with Gasteiger partial charge in [-0.2, -0.15) is 0 Å². The average molecular weight is 519 g/mol. The Bertz CT molecular complexity index is 1240. The van der Waals surface area contributed by atoms with Gasteiger partial charge in [0.25, 0.3) is 5.91 Å². The van der Waals surface area contributed by atoms with Crippen molar-refractivity contribution in [1.82, 2.24) is 5.32 Å². The summed E-state index contributed by atoms with van der Waals surface area (Å²) >= 11 is 6.69. The van der Waals surface area contributed by atoms with E-state index in [1.807, 2.05) is 0 Å². The van der Waals surface area contributed by atoms with Crippen LogP contribution in [0.25, 0.3) is 5.76 Å². The molecule has 0 aliphatic heterocycles. The Hall–Kier alpha value is -2.88. The fraction of sp³-hybridized carbons (Fsp3) is 0.500. The summed E-state index contributed by atoms with van der Waals surface area (Å²) in [7, 11) is 0. The lowest BCUT2D eigenvalue weighted by atomic mass is 9.59. The van der Waals surface area contributed by atoms with Crippen molar-refractivity contribution in [3.8, 4) is 5.75 Å². The summed E-state index contributed by atoms with van der Waals surface area (Å²) < 4.78 is 0. The number of primary amides is 1. The number of halogens is 1. The zero-order valence-electron chi connectivity index (χ0n) is 20.4. The zero-order valence-corrected chi connectivity index (χ0v) is 21.2. The highest BCUT2D eigenvalue weighted by atomic mass is 35.5. The Balaban J connectivity index is 1.74. The number of rotatable bonds is 5. The van der Waals surface area contributed by atoms with Gasteiger partial charge in [0.1, 0.15) is 22.8 Å². The minimum atomic E-state index is -2.58. The molecule has 1 saturated carbocycles.